The fraction of sp³-hybridized carbons (Fsp3) is 0.182. The molecule has 4 aromatic rings. The molecule has 7 nitrogen and oxygen atoms in total. The van der Waals surface area contributed by atoms with E-state index >= 15 is 0 Å². The fourth-order valence-corrected chi connectivity index (χ4v) is 4.17. The third-order valence-electron chi connectivity index (χ3n) is 4.44. The molecule has 2 N–H and O–H groups in total. The van der Waals surface area contributed by atoms with Crippen molar-refractivity contribution in [1.29, 1.82) is 0 Å². The molecule has 8 heteroatoms. The Morgan fingerprint density at radius 2 is 1.90 bits per heavy atom. The van der Waals surface area contributed by atoms with E-state index in [1.165, 1.54) is 17.6 Å². The molecule has 30 heavy (non-hydrogen) atoms. The van der Waals surface area contributed by atoms with Crippen LogP contribution < -0.4 is 10.6 Å². The van der Waals surface area contributed by atoms with Crippen LogP contribution in [0.2, 0.25) is 0 Å². The molecule has 0 aromatic carbocycles. The molecule has 4 aromatic heterocycles. The van der Waals surface area contributed by atoms with E-state index in [2.05, 4.69) is 31.7 Å². The third-order valence-corrected chi connectivity index (χ3v) is 5.42. The second-order valence-electron chi connectivity index (χ2n) is 6.91. The summed E-state index contributed by atoms with van der Waals surface area (Å²) in [5.41, 5.74) is 3.60. The van der Waals surface area contributed by atoms with Crippen molar-refractivity contribution in [1.82, 2.24) is 15.0 Å². The number of nitrogens with zero attached hydrogens (tertiary/aromatic N) is 3. The van der Waals surface area contributed by atoms with Crippen LogP contribution in [0.25, 0.3) is 0 Å². The summed E-state index contributed by atoms with van der Waals surface area (Å²) in [7, 11) is 0. The van der Waals surface area contributed by atoms with Crippen LogP contribution in [-0.2, 0) is 0 Å². The van der Waals surface area contributed by atoms with Crippen LogP contribution in [0.3, 0.4) is 0 Å². The number of aryl methyl sites for hydroxylation is 3. The molecule has 0 fully saturated rings. The predicted octanol–water partition coefficient (Wildman–Crippen LogP) is 4.91. The highest BCUT2D eigenvalue weighted by molar-refractivity contribution is 7.16. The summed E-state index contributed by atoms with van der Waals surface area (Å²) in [6, 6.07) is 10.9. The summed E-state index contributed by atoms with van der Waals surface area (Å²) in [6.07, 6.45) is 5.00. The average Bonchev–Trinajstić information content (AvgIpc) is 3.36. The number of carbonyl (C=O) groups is 1. The van der Waals surface area contributed by atoms with Gasteiger partial charge in [-0.05, 0) is 56.7 Å². The van der Waals surface area contributed by atoms with Crippen molar-refractivity contribution in [2.45, 2.75) is 26.8 Å². The maximum Gasteiger partial charge on any atom is 0.291 e. The monoisotopic (exact) mass is 419 g/mol. The molecule has 0 bridgehead atoms. The van der Waals surface area contributed by atoms with E-state index < -0.39 is 0 Å². The highest BCUT2D eigenvalue weighted by Gasteiger charge is 2.23. The lowest BCUT2D eigenvalue weighted by atomic mass is 10.0. The van der Waals surface area contributed by atoms with Crippen LogP contribution in [0, 0.1) is 20.8 Å². The maximum absolute atomic E-state index is 12.6. The largest absolute Gasteiger partial charge is 0.459 e. The SMILES string of the molecule is Cc1cc(C)nc(NC(c2cccnc2)c2cc(C)sc2NC(=O)c2ccco2)n1. The number of amides is 1. The Bertz CT molecular complexity index is 1140. The van der Waals surface area contributed by atoms with Gasteiger partial charge in [-0.15, -0.1) is 11.3 Å². The zero-order valence-electron chi connectivity index (χ0n) is 16.8. The third kappa shape index (κ3) is 4.38. The number of hydrogen-bond acceptors (Lipinski definition) is 7. The normalized spacial score (nSPS) is 11.8. The molecule has 4 rings (SSSR count). The first-order valence-corrected chi connectivity index (χ1v) is 10.2. The number of nitrogens with one attached hydrogen (secondary N) is 2. The quantitative estimate of drug-likeness (QED) is 0.461. The van der Waals surface area contributed by atoms with E-state index in [4.69, 9.17) is 4.42 Å². The smallest absolute Gasteiger partial charge is 0.291 e. The maximum atomic E-state index is 12.6. The summed E-state index contributed by atoms with van der Waals surface area (Å²) < 4.78 is 5.23. The zero-order valence-corrected chi connectivity index (χ0v) is 17.7. The van der Waals surface area contributed by atoms with Gasteiger partial charge in [0.15, 0.2) is 5.76 Å². The lowest BCUT2D eigenvalue weighted by Gasteiger charge is -2.20. The van der Waals surface area contributed by atoms with Crippen molar-refractivity contribution in [2.75, 3.05) is 10.6 Å². The minimum atomic E-state index is -0.296. The Labute approximate surface area is 178 Å². The van der Waals surface area contributed by atoms with Crippen molar-refractivity contribution in [3.63, 3.8) is 0 Å². The molecular formula is C22H21N5O2S. The lowest BCUT2D eigenvalue weighted by molar-refractivity contribution is 0.0997. The summed E-state index contributed by atoms with van der Waals surface area (Å²) in [6.45, 7) is 5.87. The molecule has 0 aliphatic carbocycles. The molecule has 0 radical (unpaired) electrons. The Morgan fingerprint density at radius 3 is 2.57 bits per heavy atom. The van der Waals surface area contributed by atoms with Gasteiger partial charge in [0.05, 0.1) is 12.3 Å². The molecule has 1 unspecified atom stereocenters. The second kappa shape index (κ2) is 8.46. The van der Waals surface area contributed by atoms with Gasteiger partial charge in [0.1, 0.15) is 5.00 Å². The fourth-order valence-electron chi connectivity index (χ4n) is 3.23. The standard InChI is InChI=1S/C22H21N5O2S/c1-13-10-14(2)25-22(24-13)26-19(16-6-4-8-23-12-16)17-11-15(3)30-21(17)27-20(28)18-7-5-9-29-18/h4-12,19H,1-3H3,(H,27,28)(H,24,25,26). The number of pyridine rings is 1. The van der Waals surface area contributed by atoms with E-state index in [0.29, 0.717) is 5.95 Å². The summed E-state index contributed by atoms with van der Waals surface area (Å²) in [5, 5.41) is 7.14. The van der Waals surface area contributed by atoms with Crippen molar-refractivity contribution in [2.24, 2.45) is 0 Å². The van der Waals surface area contributed by atoms with Crippen LogP contribution in [-0.4, -0.2) is 20.9 Å². The van der Waals surface area contributed by atoms with Crippen LogP contribution in [0.15, 0.2) is 59.5 Å². The first-order chi connectivity index (χ1) is 14.5. The minimum Gasteiger partial charge on any atom is -0.459 e. The average molecular weight is 420 g/mol. The summed E-state index contributed by atoms with van der Waals surface area (Å²) in [4.78, 5) is 27.0. The van der Waals surface area contributed by atoms with Crippen molar-refractivity contribution < 1.29 is 9.21 Å². The molecule has 4 heterocycles. The highest BCUT2D eigenvalue weighted by Crippen LogP contribution is 2.37. The summed E-state index contributed by atoms with van der Waals surface area (Å²) in [5.74, 6) is 0.486. The van der Waals surface area contributed by atoms with Gasteiger partial charge in [0.25, 0.3) is 5.91 Å². The second-order valence-corrected chi connectivity index (χ2v) is 8.17. The topological polar surface area (TPSA) is 92.9 Å². The van der Waals surface area contributed by atoms with Gasteiger partial charge in [-0.1, -0.05) is 6.07 Å². The molecule has 0 saturated heterocycles. The molecule has 0 aliphatic heterocycles. The number of carbonyl (C=O) groups excluding carboxylic acids is 1. The van der Waals surface area contributed by atoms with Gasteiger partial charge in [-0.3, -0.25) is 9.78 Å². The Balaban J connectivity index is 1.73. The number of aromatic nitrogens is 3. The van der Waals surface area contributed by atoms with Crippen LogP contribution in [0.5, 0.6) is 0 Å². The number of rotatable bonds is 6. The van der Waals surface area contributed by atoms with Crippen molar-refractivity contribution in [3.8, 4) is 0 Å². The lowest BCUT2D eigenvalue weighted by Crippen LogP contribution is -2.18. The van der Waals surface area contributed by atoms with Crippen LogP contribution in [0.4, 0.5) is 10.9 Å². The first-order valence-electron chi connectivity index (χ1n) is 9.43. The Kier molecular flexibility index (Phi) is 5.58. The zero-order chi connectivity index (χ0) is 21.1. The number of thiophene rings is 1. The van der Waals surface area contributed by atoms with E-state index in [1.807, 2.05) is 39.0 Å². The molecule has 0 saturated carbocycles. The molecule has 1 amide bonds. The van der Waals surface area contributed by atoms with Gasteiger partial charge in [-0.25, -0.2) is 9.97 Å². The number of hydrogen-bond donors (Lipinski definition) is 2. The van der Waals surface area contributed by atoms with E-state index in [-0.39, 0.29) is 17.7 Å². The van der Waals surface area contributed by atoms with Crippen molar-refractivity contribution in [3.05, 3.63) is 88.2 Å². The van der Waals surface area contributed by atoms with Crippen LogP contribution >= 0.6 is 11.3 Å². The molecular weight excluding hydrogens is 398 g/mol. The minimum absolute atomic E-state index is 0.260. The predicted molar refractivity (Wildman–Crippen MR) is 117 cm³/mol. The first kappa shape index (κ1) is 19.8. The van der Waals surface area contributed by atoms with Gasteiger partial charge in [0.2, 0.25) is 5.95 Å². The van der Waals surface area contributed by atoms with Gasteiger partial charge in [0, 0.05) is 34.2 Å². The summed E-state index contributed by atoms with van der Waals surface area (Å²) >= 11 is 1.50. The number of anilines is 2. The molecule has 152 valence electrons. The van der Waals surface area contributed by atoms with Crippen LogP contribution in [0.1, 0.15) is 44.0 Å². The number of furan rings is 1. The van der Waals surface area contributed by atoms with Gasteiger partial charge in [-0.2, -0.15) is 0 Å². The van der Waals surface area contributed by atoms with Gasteiger partial charge < -0.3 is 15.1 Å². The molecule has 0 aliphatic rings. The van der Waals surface area contributed by atoms with Crippen molar-refractivity contribution >= 4 is 28.2 Å². The van der Waals surface area contributed by atoms with Gasteiger partial charge >= 0.3 is 0 Å². The highest BCUT2D eigenvalue weighted by atomic mass is 32.1. The van der Waals surface area contributed by atoms with E-state index in [9.17, 15) is 4.79 Å². The Morgan fingerprint density at radius 1 is 1.10 bits per heavy atom. The van der Waals surface area contributed by atoms with E-state index in [0.717, 1.165) is 32.4 Å². The molecule has 1 atom stereocenters. The van der Waals surface area contributed by atoms with E-state index in [1.54, 1.807) is 24.5 Å². The molecule has 0 spiro atoms. The Hall–Kier alpha value is -3.52.